The monoisotopic (exact) mass is 424 g/mol. The molecule has 1 saturated heterocycles. The molecule has 3 aromatic rings. The first-order valence-corrected chi connectivity index (χ1v) is 11.7. The molecule has 0 bridgehead atoms. The van der Waals surface area contributed by atoms with E-state index >= 15 is 0 Å². The molecule has 7 heteroatoms. The lowest BCUT2D eigenvalue weighted by atomic mass is 9.94. The lowest BCUT2D eigenvalue weighted by molar-refractivity contribution is 0.468. The quantitative estimate of drug-likeness (QED) is 0.653. The van der Waals surface area contributed by atoms with Gasteiger partial charge in [0.15, 0.2) is 5.03 Å². The number of nitrogens with zero attached hydrogens (tertiary/aromatic N) is 3. The molecule has 0 aliphatic carbocycles. The first-order valence-electron chi connectivity index (χ1n) is 10.2. The van der Waals surface area contributed by atoms with Crippen molar-refractivity contribution in [2.75, 3.05) is 18.4 Å². The van der Waals surface area contributed by atoms with Crippen molar-refractivity contribution in [3.05, 3.63) is 78.2 Å². The van der Waals surface area contributed by atoms with Gasteiger partial charge in [0.05, 0.1) is 6.33 Å². The van der Waals surface area contributed by atoms with Gasteiger partial charge in [0.25, 0.3) is 10.0 Å². The lowest BCUT2D eigenvalue weighted by Gasteiger charge is -2.22. The van der Waals surface area contributed by atoms with Crippen LogP contribution in [0.2, 0.25) is 0 Å². The molecule has 0 spiro atoms. The summed E-state index contributed by atoms with van der Waals surface area (Å²) in [6.45, 7) is 5.15. The second-order valence-electron chi connectivity index (χ2n) is 8.25. The fourth-order valence-corrected chi connectivity index (χ4v) is 5.46. The molecular weight excluding hydrogens is 396 g/mol. The van der Waals surface area contributed by atoms with Crippen LogP contribution < -0.4 is 5.32 Å². The van der Waals surface area contributed by atoms with Crippen LogP contribution >= 0.6 is 0 Å². The summed E-state index contributed by atoms with van der Waals surface area (Å²) in [4.78, 5) is 4.08. The van der Waals surface area contributed by atoms with Crippen molar-refractivity contribution in [3.8, 4) is 0 Å². The molecule has 1 fully saturated rings. The number of rotatable bonds is 6. The molecule has 0 amide bonds. The maximum atomic E-state index is 13.2. The Morgan fingerprint density at radius 1 is 1.07 bits per heavy atom. The smallest absolute Gasteiger partial charge is 0.262 e. The number of aryl methyl sites for hydroxylation is 1. The van der Waals surface area contributed by atoms with E-state index in [-0.39, 0.29) is 17.0 Å². The Labute approximate surface area is 178 Å². The third kappa shape index (κ3) is 4.13. The van der Waals surface area contributed by atoms with Crippen molar-refractivity contribution in [1.29, 1.82) is 0 Å². The SMILES string of the molecule is CC(C)c1cccc(N[C@H]2CN(S(=O)(=O)c3cn(C)cn3)C[C@@H]2c2ccccc2)c1. The van der Waals surface area contributed by atoms with E-state index < -0.39 is 10.0 Å². The van der Waals surface area contributed by atoms with Crippen LogP contribution in [-0.4, -0.2) is 41.4 Å². The number of benzene rings is 2. The van der Waals surface area contributed by atoms with E-state index in [2.05, 4.69) is 48.4 Å². The Bertz CT molecular complexity index is 1110. The Kier molecular flexibility index (Phi) is 5.66. The number of hydrogen-bond acceptors (Lipinski definition) is 4. The molecule has 0 saturated carbocycles. The molecule has 2 heterocycles. The lowest BCUT2D eigenvalue weighted by Crippen LogP contribution is -2.32. The molecule has 6 nitrogen and oxygen atoms in total. The molecule has 1 aliphatic rings. The minimum absolute atomic E-state index is 0.0340. The van der Waals surface area contributed by atoms with Crippen LogP contribution in [0.15, 0.2) is 72.1 Å². The van der Waals surface area contributed by atoms with Crippen molar-refractivity contribution in [1.82, 2.24) is 13.9 Å². The average Bonchev–Trinajstić information content (AvgIpc) is 3.36. The molecule has 158 valence electrons. The van der Waals surface area contributed by atoms with Gasteiger partial charge in [-0.25, -0.2) is 13.4 Å². The molecule has 30 heavy (non-hydrogen) atoms. The zero-order chi connectivity index (χ0) is 21.3. The fraction of sp³-hybridized carbons (Fsp3) is 0.348. The van der Waals surface area contributed by atoms with Crippen LogP contribution in [0.4, 0.5) is 5.69 Å². The largest absolute Gasteiger partial charge is 0.380 e. The third-order valence-electron chi connectivity index (χ3n) is 5.70. The van der Waals surface area contributed by atoms with Gasteiger partial charge in [-0.3, -0.25) is 0 Å². The van der Waals surface area contributed by atoms with E-state index in [0.29, 0.717) is 19.0 Å². The van der Waals surface area contributed by atoms with E-state index in [1.54, 1.807) is 22.1 Å². The zero-order valence-corrected chi connectivity index (χ0v) is 18.4. The van der Waals surface area contributed by atoms with E-state index in [4.69, 9.17) is 0 Å². The van der Waals surface area contributed by atoms with Crippen LogP contribution in [-0.2, 0) is 17.1 Å². The topological polar surface area (TPSA) is 67.2 Å². The summed E-state index contributed by atoms with van der Waals surface area (Å²) in [6, 6.07) is 18.5. The normalized spacial score (nSPS) is 20.0. The maximum absolute atomic E-state index is 13.2. The van der Waals surface area contributed by atoms with E-state index in [1.807, 2.05) is 30.3 Å². The van der Waals surface area contributed by atoms with Gasteiger partial charge in [-0.15, -0.1) is 0 Å². The summed E-state index contributed by atoms with van der Waals surface area (Å²) in [5.74, 6) is 0.480. The maximum Gasteiger partial charge on any atom is 0.262 e. The van der Waals surface area contributed by atoms with Gasteiger partial charge < -0.3 is 9.88 Å². The van der Waals surface area contributed by atoms with E-state index in [0.717, 1.165) is 11.3 Å². The van der Waals surface area contributed by atoms with Gasteiger partial charge in [0.2, 0.25) is 0 Å². The standard InChI is InChI=1S/C23H28N4O2S/c1-17(2)19-10-7-11-20(12-19)25-22-14-27(13-21(22)18-8-5-4-6-9-18)30(28,29)23-15-26(3)16-24-23/h4-12,15-17,21-22,25H,13-14H2,1-3H3/t21-,22+/m1/s1. The number of hydrogen-bond donors (Lipinski definition) is 1. The van der Waals surface area contributed by atoms with Gasteiger partial charge in [0.1, 0.15) is 0 Å². The molecule has 1 N–H and O–H groups in total. The number of aromatic nitrogens is 2. The number of sulfonamides is 1. The molecule has 1 aliphatic heterocycles. The number of nitrogens with one attached hydrogen (secondary N) is 1. The summed E-state index contributed by atoms with van der Waals surface area (Å²) >= 11 is 0. The van der Waals surface area contributed by atoms with Crippen molar-refractivity contribution >= 4 is 15.7 Å². The van der Waals surface area contributed by atoms with Crippen molar-refractivity contribution in [2.45, 2.75) is 36.8 Å². The second-order valence-corrected chi connectivity index (χ2v) is 10.1. The predicted octanol–water partition coefficient (Wildman–Crippen LogP) is 3.81. The highest BCUT2D eigenvalue weighted by Gasteiger charge is 2.40. The van der Waals surface area contributed by atoms with Crippen LogP contribution in [0.5, 0.6) is 0 Å². The Balaban J connectivity index is 1.64. The van der Waals surface area contributed by atoms with Crippen molar-refractivity contribution < 1.29 is 8.42 Å². The van der Waals surface area contributed by atoms with Crippen molar-refractivity contribution in [2.24, 2.45) is 7.05 Å². The summed E-state index contributed by atoms with van der Waals surface area (Å²) in [6.07, 6.45) is 3.07. The third-order valence-corrected chi connectivity index (χ3v) is 7.42. The number of anilines is 1. The Hall–Kier alpha value is -2.64. The molecule has 1 aromatic heterocycles. The fourth-order valence-electron chi connectivity index (χ4n) is 4.00. The highest BCUT2D eigenvalue weighted by Crippen LogP contribution is 2.33. The molecular formula is C23H28N4O2S. The first kappa shape index (κ1) is 20.6. The van der Waals surface area contributed by atoms with E-state index in [9.17, 15) is 8.42 Å². The number of imidazole rings is 1. The van der Waals surface area contributed by atoms with Gasteiger partial charge in [-0.2, -0.15) is 4.31 Å². The first-order chi connectivity index (χ1) is 14.3. The van der Waals surface area contributed by atoms with Gasteiger partial charge in [-0.05, 0) is 29.2 Å². The molecule has 2 atom stereocenters. The second kappa shape index (κ2) is 8.24. The minimum Gasteiger partial charge on any atom is -0.380 e. The zero-order valence-electron chi connectivity index (χ0n) is 17.6. The Morgan fingerprint density at radius 2 is 1.83 bits per heavy atom. The summed E-state index contributed by atoms with van der Waals surface area (Å²) in [5, 5.41) is 3.71. The highest BCUT2D eigenvalue weighted by atomic mass is 32.2. The van der Waals surface area contributed by atoms with Gasteiger partial charge in [0, 0.05) is 44.0 Å². The van der Waals surface area contributed by atoms with Gasteiger partial charge >= 0.3 is 0 Å². The molecule has 0 unspecified atom stereocenters. The molecule has 2 aromatic carbocycles. The average molecular weight is 425 g/mol. The van der Waals surface area contributed by atoms with E-state index in [1.165, 1.54) is 11.9 Å². The van der Waals surface area contributed by atoms with Gasteiger partial charge in [-0.1, -0.05) is 56.3 Å². The summed E-state index contributed by atoms with van der Waals surface area (Å²) in [7, 11) is -1.87. The highest BCUT2D eigenvalue weighted by molar-refractivity contribution is 7.89. The van der Waals surface area contributed by atoms with Crippen molar-refractivity contribution in [3.63, 3.8) is 0 Å². The molecule has 4 rings (SSSR count). The van der Waals surface area contributed by atoms with Crippen LogP contribution in [0.1, 0.15) is 36.8 Å². The van der Waals surface area contributed by atoms with Crippen LogP contribution in [0.3, 0.4) is 0 Å². The Morgan fingerprint density at radius 3 is 2.50 bits per heavy atom. The summed E-state index contributed by atoms with van der Waals surface area (Å²) < 4.78 is 29.6. The predicted molar refractivity (Wildman–Crippen MR) is 119 cm³/mol. The molecule has 0 radical (unpaired) electrons. The summed E-state index contributed by atoms with van der Waals surface area (Å²) in [5.41, 5.74) is 3.41. The van der Waals surface area contributed by atoms with Crippen LogP contribution in [0.25, 0.3) is 0 Å². The minimum atomic E-state index is -3.64. The van der Waals surface area contributed by atoms with Crippen LogP contribution in [0, 0.1) is 0 Å².